The average molecular weight is 435 g/mol. The number of alkyl halides is 6. The van der Waals surface area contributed by atoms with Crippen molar-refractivity contribution in [3.8, 4) is 0 Å². The first-order chi connectivity index (χ1) is 9.26. The largest absolute Gasteiger partial charge is 0.480 e. The summed E-state index contributed by atoms with van der Waals surface area (Å²) in [7, 11) is 0. The van der Waals surface area contributed by atoms with Crippen LogP contribution in [0.4, 0.5) is 0 Å². The number of carboxylic acids is 2. The molecule has 2 saturated carbocycles. The molecule has 0 aromatic rings. The van der Waals surface area contributed by atoms with Gasteiger partial charge in [0.1, 0.15) is 19.5 Å². The van der Waals surface area contributed by atoms with Gasteiger partial charge in [-0.15, -0.1) is 69.6 Å². The number of carboxylic acid groups (broad SMARTS) is 2. The van der Waals surface area contributed by atoms with Crippen LogP contribution in [0.3, 0.4) is 0 Å². The van der Waals surface area contributed by atoms with Crippen LogP contribution in [0.25, 0.3) is 0 Å². The van der Waals surface area contributed by atoms with Crippen molar-refractivity contribution in [3.05, 3.63) is 11.1 Å². The van der Waals surface area contributed by atoms with Crippen molar-refractivity contribution in [2.45, 2.75) is 29.2 Å². The van der Waals surface area contributed by atoms with Crippen LogP contribution in [-0.4, -0.2) is 51.4 Å². The summed E-state index contributed by atoms with van der Waals surface area (Å²) in [6, 6.07) is 0. The number of aliphatic carboxylic acids is 2. The molecule has 0 aromatic heterocycles. The number of allylic oxidation sites excluding steroid dienone is 2. The number of halogens is 7. The highest BCUT2D eigenvalue weighted by Crippen LogP contribution is 2.92. The van der Waals surface area contributed by atoms with Crippen molar-refractivity contribution in [2.24, 2.45) is 0 Å². The Hall–Kier alpha value is 0.710. The van der Waals surface area contributed by atoms with Crippen LogP contribution in [0, 0.1) is 0 Å². The zero-order valence-corrected chi connectivity index (χ0v) is 14.7. The van der Waals surface area contributed by atoms with E-state index in [2.05, 4.69) is 0 Å². The summed E-state index contributed by atoms with van der Waals surface area (Å²) in [4.78, 5) is 9.69. The zero-order valence-electron chi connectivity index (χ0n) is 9.43. The standard InChI is InChI=1S/C10H3Cl7O4/c11-2-1-5(12)7(14,3(18)19)10(17)6(2,13)8(15,4(20)21)9(5,10)16/h1H,(H,18,19)(H,20,21). The molecule has 0 radical (unpaired) electrons. The Labute approximate surface area is 152 Å². The van der Waals surface area contributed by atoms with E-state index in [1.807, 2.05) is 0 Å². The molecule has 4 bridgehead atoms. The van der Waals surface area contributed by atoms with Gasteiger partial charge in [0.15, 0.2) is 9.75 Å². The van der Waals surface area contributed by atoms with Gasteiger partial charge < -0.3 is 10.2 Å². The smallest absolute Gasteiger partial charge is 0.329 e. The summed E-state index contributed by atoms with van der Waals surface area (Å²) in [5.74, 6) is -3.24. The van der Waals surface area contributed by atoms with E-state index in [0.29, 0.717) is 0 Å². The topological polar surface area (TPSA) is 74.6 Å². The summed E-state index contributed by atoms with van der Waals surface area (Å²) < 4.78 is 0. The highest BCUT2D eigenvalue weighted by molar-refractivity contribution is 6.70. The fraction of sp³-hybridized carbons (Fsp3) is 0.600. The molecule has 11 heteroatoms. The molecule has 4 aliphatic carbocycles. The summed E-state index contributed by atoms with van der Waals surface area (Å²) in [6.45, 7) is 0. The molecule has 0 heterocycles. The Balaban J connectivity index is 2.44. The monoisotopic (exact) mass is 432 g/mol. The average Bonchev–Trinajstić information content (AvgIpc) is 2.39. The number of hydrogen-bond donors (Lipinski definition) is 2. The maximum Gasteiger partial charge on any atom is 0.329 e. The molecule has 6 unspecified atom stereocenters. The third-order valence-electron chi connectivity index (χ3n) is 4.62. The molecule has 4 aliphatic rings. The summed E-state index contributed by atoms with van der Waals surface area (Å²) in [5.41, 5.74) is 0. The molecule has 2 N–H and O–H groups in total. The molecule has 21 heavy (non-hydrogen) atoms. The third kappa shape index (κ3) is 0.964. The molecule has 0 amide bonds. The Morgan fingerprint density at radius 1 is 0.857 bits per heavy atom. The van der Waals surface area contributed by atoms with Crippen LogP contribution >= 0.6 is 81.2 Å². The fourth-order valence-corrected chi connectivity index (χ4v) is 8.43. The van der Waals surface area contributed by atoms with Crippen molar-refractivity contribution in [2.75, 3.05) is 0 Å². The highest BCUT2D eigenvalue weighted by Gasteiger charge is 3.12. The van der Waals surface area contributed by atoms with E-state index in [4.69, 9.17) is 81.2 Å². The molecular formula is C10H3Cl7O4. The molecule has 4 rings (SSSR count). The molecule has 0 spiro atoms. The fourth-order valence-electron chi connectivity index (χ4n) is 3.69. The Morgan fingerprint density at radius 2 is 1.29 bits per heavy atom. The first-order valence-corrected chi connectivity index (χ1v) is 7.90. The zero-order chi connectivity index (χ0) is 16.4. The van der Waals surface area contributed by atoms with E-state index in [1.165, 1.54) is 0 Å². The van der Waals surface area contributed by atoms with Gasteiger partial charge in [0, 0.05) is 5.03 Å². The first kappa shape index (κ1) is 16.6. The minimum atomic E-state index is -2.42. The van der Waals surface area contributed by atoms with E-state index >= 15 is 0 Å². The van der Waals surface area contributed by atoms with Gasteiger partial charge >= 0.3 is 11.9 Å². The van der Waals surface area contributed by atoms with Gasteiger partial charge in [-0.25, -0.2) is 0 Å². The van der Waals surface area contributed by atoms with Crippen LogP contribution < -0.4 is 0 Å². The minimum absolute atomic E-state index is 0.313. The second-order valence-corrected chi connectivity index (χ2v) is 8.94. The summed E-state index contributed by atoms with van der Waals surface area (Å²) in [6.07, 6.45) is 1.00. The van der Waals surface area contributed by atoms with E-state index in [1.54, 1.807) is 0 Å². The molecule has 0 saturated heterocycles. The van der Waals surface area contributed by atoms with Crippen LogP contribution in [0.5, 0.6) is 0 Å². The van der Waals surface area contributed by atoms with Gasteiger partial charge in [-0.05, 0) is 6.08 Å². The van der Waals surface area contributed by atoms with Crippen molar-refractivity contribution in [1.82, 2.24) is 0 Å². The van der Waals surface area contributed by atoms with Gasteiger partial charge in [-0.1, -0.05) is 11.6 Å². The Bertz CT molecular complexity index is 668. The summed E-state index contributed by atoms with van der Waals surface area (Å²) in [5, 5.41) is 18.5. The van der Waals surface area contributed by atoms with Crippen LogP contribution in [-0.2, 0) is 9.59 Å². The van der Waals surface area contributed by atoms with E-state index in [9.17, 15) is 19.8 Å². The second-order valence-electron chi connectivity index (χ2n) is 5.11. The molecule has 6 atom stereocenters. The van der Waals surface area contributed by atoms with E-state index in [-0.39, 0.29) is 5.03 Å². The van der Waals surface area contributed by atoms with Crippen molar-refractivity contribution in [3.63, 3.8) is 0 Å². The minimum Gasteiger partial charge on any atom is -0.480 e. The molecule has 4 nitrogen and oxygen atoms in total. The number of hydrogen-bond acceptors (Lipinski definition) is 2. The van der Waals surface area contributed by atoms with Crippen LogP contribution in [0.2, 0.25) is 0 Å². The van der Waals surface area contributed by atoms with Gasteiger partial charge in [-0.2, -0.15) is 0 Å². The normalized spacial score (nSPS) is 60.4. The van der Waals surface area contributed by atoms with Crippen molar-refractivity contribution >= 4 is 93.1 Å². The highest BCUT2D eigenvalue weighted by atomic mass is 35.5. The van der Waals surface area contributed by atoms with Gasteiger partial charge in [-0.3, -0.25) is 9.59 Å². The van der Waals surface area contributed by atoms with Crippen molar-refractivity contribution < 1.29 is 19.8 Å². The van der Waals surface area contributed by atoms with Crippen molar-refractivity contribution in [1.29, 1.82) is 0 Å². The van der Waals surface area contributed by atoms with E-state index < -0.39 is 41.2 Å². The Morgan fingerprint density at radius 3 is 1.67 bits per heavy atom. The maximum absolute atomic E-state index is 11.6. The quantitative estimate of drug-likeness (QED) is 0.654. The van der Waals surface area contributed by atoms with Gasteiger partial charge in [0.25, 0.3) is 0 Å². The second kappa shape index (κ2) is 3.69. The predicted molar refractivity (Wildman–Crippen MR) is 80.7 cm³/mol. The Kier molecular flexibility index (Phi) is 2.91. The lowest BCUT2D eigenvalue weighted by Crippen LogP contribution is -3.11. The number of carbonyl (C=O) groups is 2. The molecule has 0 aromatic carbocycles. The molecular weight excluding hydrogens is 432 g/mol. The molecule has 0 aliphatic heterocycles. The van der Waals surface area contributed by atoms with Gasteiger partial charge in [0.05, 0.1) is 0 Å². The van der Waals surface area contributed by atoms with Gasteiger partial charge in [0.2, 0.25) is 0 Å². The van der Waals surface area contributed by atoms with Crippen LogP contribution in [0.15, 0.2) is 11.1 Å². The molecule has 116 valence electrons. The summed E-state index contributed by atoms with van der Waals surface area (Å²) >= 11 is 43.3. The first-order valence-electron chi connectivity index (χ1n) is 5.26. The van der Waals surface area contributed by atoms with E-state index in [0.717, 1.165) is 6.08 Å². The maximum atomic E-state index is 11.6. The number of rotatable bonds is 2. The lowest BCUT2D eigenvalue weighted by molar-refractivity contribution is -0.172. The lowest BCUT2D eigenvalue weighted by atomic mass is 9.31. The lowest BCUT2D eigenvalue weighted by Gasteiger charge is -2.87. The van der Waals surface area contributed by atoms with Crippen LogP contribution in [0.1, 0.15) is 0 Å². The molecule has 2 fully saturated rings. The predicted octanol–water partition coefficient (Wildman–Crippen LogP) is 3.18. The third-order valence-corrected chi connectivity index (χ3v) is 10.4. The SMILES string of the molecule is O=C(O)C1(Cl)C2(Cl)C(Cl)=CC3(Cl)C(Cl)(C(=O)O)C2(Cl)C31Cl.